The molecule has 4 heterocycles. The zero-order valence-electron chi connectivity index (χ0n) is 23.6. The highest BCUT2D eigenvalue weighted by Crippen LogP contribution is 2.32. The van der Waals surface area contributed by atoms with Crippen molar-refractivity contribution in [2.75, 3.05) is 26.4 Å². The molecule has 15 N–H and O–H groups in total. The highest BCUT2D eigenvalue weighted by molar-refractivity contribution is 4.97. The van der Waals surface area contributed by atoms with Crippen molar-refractivity contribution in [3.8, 4) is 0 Å². The van der Waals surface area contributed by atoms with E-state index in [2.05, 4.69) is 0 Å². The van der Waals surface area contributed by atoms with Crippen LogP contribution in [-0.2, 0) is 33.2 Å². The molecule has 4 rings (SSSR count). The monoisotopic (exact) mass is 665 g/mol. The van der Waals surface area contributed by atoms with E-state index in [1.807, 2.05) is 0 Å². The van der Waals surface area contributed by atoms with Gasteiger partial charge < -0.3 is 105 Å². The molecule has 4 aliphatic heterocycles. The summed E-state index contributed by atoms with van der Waals surface area (Å²) in [6.45, 7) is -3.07. The first-order chi connectivity index (χ1) is 21.2. The van der Waals surface area contributed by atoms with Crippen LogP contribution in [0, 0.1) is 0 Å². The fourth-order valence-corrected chi connectivity index (χ4v) is 5.47. The van der Waals surface area contributed by atoms with E-state index < -0.39 is 149 Å². The van der Waals surface area contributed by atoms with Gasteiger partial charge in [-0.3, -0.25) is 0 Å². The number of rotatable bonds is 11. The minimum atomic E-state index is -1.88. The molecule has 0 amide bonds. The lowest BCUT2D eigenvalue weighted by atomic mass is 9.96. The van der Waals surface area contributed by atoms with Crippen LogP contribution in [0.3, 0.4) is 0 Å². The molecule has 0 saturated carbocycles. The minimum absolute atomic E-state index is 0.694. The summed E-state index contributed by atoms with van der Waals surface area (Å²) in [5.41, 5.74) is 5.93. The smallest absolute Gasteiger partial charge is 0.187 e. The third kappa shape index (κ3) is 7.59. The van der Waals surface area contributed by atoms with Crippen LogP contribution in [-0.4, -0.2) is 216 Å². The molecule has 0 aromatic carbocycles. The van der Waals surface area contributed by atoms with Crippen molar-refractivity contribution in [3.63, 3.8) is 0 Å². The molecule has 45 heavy (non-hydrogen) atoms. The van der Waals surface area contributed by atoms with Gasteiger partial charge in [-0.25, -0.2) is 0 Å². The van der Waals surface area contributed by atoms with Crippen LogP contribution in [0.1, 0.15) is 0 Å². The highest BCUT2D eigenvalue weighted by Gasteiger charge is 2.54. The van der Waals surface area contributed by atoms with E-state index in [0.717, 1.165) is 0 Å². The van der Waals surface area contributed by atoms with Crippen LogP contribution in [0.15, 0.2) is 0 Å². The maximum atomic E-state index is 10.8. The third-order valence-electron chi connectivity index (χ3n) is 8.25. The molecule has 0 aromatic rings. The molecular formula is C24H43NO20. The molecule has 4 saturated heterocycles. The molecule has 21 heteroatoms. The van der Waals surface area contributed by atoms with Gasteiger partial charge in [0.1, 0.15) is 91.6 Å². The number of aliphatic hydroxyl groups is 13. The molecule has 0 bridgehead atoms. The van der Waals surface area contributed by atoms with E-state index >= 15 is 0 Å². The van der Waals surface area contributed by atoms with Crippen molar-refractivity contribution in [1.29, 1.82) is 0 Å². The summed E-state index contributed by atoms with van der Waals surface area (Å²) in [7, 11) is 0. The molecule has 20 atom stereocenters. The van der Waals surface area contributed by atoms with E-state index in [1.165, 1.54) is 0 Å². The molecular weight excluding hydrogens is 622 g/mol. The molecule has 4 aliphatic rings. The molecule has 0 spiro atoms. The van der Waals surface area contributed by atoms with Gasteiger partial charge in [0.2, 0.25) is 0 Å². The van der Waals surface area contributed by atoms with Gasteiger partial charge in [0, 0.05) is 0 Å². The number of aliphatic hydroxyl groups excluding tert-OH is 13. The zero-order valence-corrected chi connectivity index (χ0v) is 23.6. The van der Waals surface area contributed by atoms with Gasteiger partial charge in [-0.1, -0.05) is 0 Å². The first-order valence-corrected chi connectivity index (χ1v) is 14.2. The van der Waals surface area contributed by atoms with Gasteiger partial charge in [0.05, 0.1) is 32.5 Å². The first kappa shape index (κ1) is 37.0. The topological polar surface area (TPSA) is 354 Å². The summed E-state index contributed by atoms with van der Waals surface area (Å²) in [6, 6.07) is -1.48. The Kier molecular flexibility index (Phi) is 12.8. The largest absolute Gasteiger partial charge is 0.394 e. The van der Waals surface area contributed by atoms with Crippen molar-refractivity contribution in [2.45, 2.75) is 123 Å². The Morgan fingerprint density at radius 3 is 1.69 bits per heavy atom. The van der Waals surface area contributed by atoms with Crippen LogP contribution < -0.4 is 5.73 Å². The summed E-state index contributed by atoms with van der Waals surface area (Å²) in [5, 5.41) is 132. The van der Waals surface area contributed by atoms with E-state index in [9.17, 15) is 66.4 Å². The Hall–Kier alpha value is -0.840. The van der Waals surface area contributed by atoms with E-state index in [4.69, 9.17) is 38.9 Å². The van der Waals surface area contributed by atoms with Crippen LogP contribution in [0.4, 0.5) is 0 Å². The number of ether oxygens (including phenoxy) is 7. The van der Waals surface area contributed by atoms with E-state index in [-0.39, 0.29) is 0 Å². The molecule has 0 aliphatic carbocycles. The average molecular weight is 666 g/mol. The zero-order chi connectivity index (χ0) is 33.3. The Labute approximate surface area is 255 Å². The summed E-state index contributed by atoms with van der Waals surface area (Å²) in [4.78, 5) is 0. The second-order valence-corrected chi connectivity index (χ2v) is 11.3. The van der Waals surface area contributed by atoms with Gasteiger partial charge in [-0.2, -0.15) is 0 Å². The predicted molar refractivity (Wildman–Crippen MR) is 136 cm³/mol. The third-order valence-corrected chi connectivity index (χ3v) is 8.25. The van der Waals surface area contributed by atoms with Gasteiger partial charge in [-0.05, 0) is 0 Å². The minimum Gasteiger partial charge on any atom is -0.394 e. The van der Waals surface area contributed by atoms with E-state index in [1.54, 1.807) is 0 Å². The molecule has 0 unspecified atom stereocenters. The number of hydrogen-bond acceptors (Lipinski definition) is 21. The summed E-state index contributed by atoms with van der Waals surface area (Å²) < 4.78 is 38.1. The van der Waals surface area contributed by atoms with Crippen LogP contribution in [0.25, 0.3) is 0 Å². The Morgan fingerprint density at radius 1 is 0.556 bits per heavy atom. The highest BCUT2D eigenvalue weighted by atomic mass is 16.8. The number of nitrogens with two attached hydrogens (primary N) is 1. The normalized spacial score (nSPS) is 51.7. The molecule has 21 nitrogen and oxygen atoms in total. The van der Waals surface area contributed by atoms with Gasteiger partial charge in [-0.15, -0.1) is 0 Å². The Bertz CT molecular complexity index is 924. The van der Waals surface area contributed by atoms with Crippen molar-refractivity contribution in [1.82, 2.24) is 0 Å². The predicted octanol–water partition coefficient (Wildman–Crippen LogP) is -9.78. The molecule has 4 fully saturated rings. The van der Waals surface area contributed by atoms with Crippen molar-refractivity contribution in [2.24, 2.45) is 5.73 Å². The second kappa shape index (κ2) is 15.6. The Morgan fingerprint density at radius 2 is 1.09 bits per heavy atom. The maximum absolute atomic E-state index is 10.8. The van der Waals surface area contributed by atoms with Crippen LogP contribution in [0.5, 0.6) is 0 Å². The van der Waals surface area contributed by atoms with Crippen molar-refractivity contribution < 1.29 is 99.5 Å². The SMILES string of the molecule is N[C@H]1[C@H](O[C@@H]2[C@@H](O)[C@H](O)[C@@H](CO)O[C@@H]2O)O[C@H](CO[C@H]2O[C@H](CO)[C@H](O)[C@H](O)[C@H]2O[C@@H]2O[C@@H]([C@H](O)CO)[C@H](O)[C@H]2O)[C@@H](O)[C@@H]1O. The molecule has 264 valence electrons. The van der Waals surface area contributed by atoms with Gasteiger partial charge >= 0.3 is 0 Å². The lowest BCUT2D eigenvalue weighted by molar-refractivity contribution is -0.360. The Balaban J connectivity index is 1.46. The fourth-order valence-electron chi connectivity index (χ4n) is 5.47. The number of hydrogen-bond donors (Lipinski definition) is 14. The average Bonchev–Trinajstić information content (AvgIpc) is 3.31. The van der Waals surface area contributed by atoms with Crippen molar-refractivity contribution in [3.05, 3.63) is 0 Å². The lowest BCUT2D eigenvalue weighted by Gasteiger charge is -2.46. The molecule has 0 radical (unpaired) electrons. The first-order valence-electron chi connectivity index (χ1n) is 14.2. The maximum Gasteiger partial charge on any atom is 0.187 e. The van der Waals surface area contributed by atoms with Gasteiger partial charge in [0.15, 0.2) is 25.2 Å². The summed E-state index contributed by atoms with van der Waals surface area (Å²) in [6.07, 6.45) is -31.9. The fraction of sp³-hybridized carbons (Fsp3) is 1.00. The summed E-state index contributed by atoms with van der Waals surface area (Å²) >= 11 is 0. The van der Waals surface area contributed by atoms with E-state index in [0.29, 0.717) is 0 Å². The lowest BCUT2D eigenvalue weighted by Crippen LogP contribution is -2.66. The molecule has 0 aromatic heterocycles. The van der Waals surface area contributed by atoms with Crippen LogP contribution >= 0.6 is 0 Å². The summed E-state index contributed by atoms with van der Waals surface area (Å²) in [5.74, 6) is 0. The van der Waals surface area contributed by atoms with Crippen molar-refractivity contribution >= 4 is 0 Å². The second-order valence-electron chi connectivity index (χ2n) is 11.3. The standard InChI is InChI=1S/C24H43NO20/c25-9-13(33)12(32)8(42-22(9)44-19-14(34)10(30)6(2-27)40-21(19)38)4-39-24-20(15(35)11(31)7(3-28)41-24)45-23-17(37)16(36)18(43-23)5(29)1-26/h5-24,26-38H,1-4,25H2/t5-,6-,7-,8-,9-,10-,11+,12-,13-,14+,15+,16-,17-,18+,19-,20-,21+,22+,23+,24+/m1/s1. The quantitative estimate of drug-likeness (QED) is 0.0973. The van der Waals surface area contributed by atoms with Crippen LogP contribution in [0.2, 0.25) is 0 Å². The van der Waals surface area contributed by atoms with Gasteiger partial charge in [0.25, 0.3) is 0 Å².